The van der Waals surface area contributed by atoms with E-state index in [-0.39, 0.29) is 6.04 Å². The van der Waals surface area contributed by atoms with Crippen LogP contribution in [0.5, 0.6) is 5.75 Å². The summed E-state index contributed by atoms with van der Waals surface area (Å²) in [5.41, 5.74) is 9.93. The summed E-state index contributed by atoms with van der Waals surface area (Å²) < 4.78 is 5.43. The fourth-order valence-corrected chi connectivity index (χ4v) is 2.16. The van der Waals surface area contributed by atoms with Gasteiger partial charge >= 0.3 is 0 Å². The number of aryl methyl sites for hydroxylation is 1. The molecule has 0 fully saturated rings. The molecule has 2 rings (SSSR count). The minimum atomic E-state index is 0.0397. The topological polar surface area (TPSA) is 35.2 Å². The van der Waals surface area contributed by atoms with Crippen LogP contribution < -0.4 is 10.5 Å². The van der Waals surface area contributed by atoms with Gasteiger partial charge < -0.3 is 10.5 Å². The number of ether oxygens (including phenoxy) is 1. The van der Waals surface area contributed by atoms with Crippen molar-refractivity contribution >= 4 is 0 Å². The summed E-state index contributed by atoms with van der Waals surface area (Å²) in [5.74, 6) is 0.912. The molecule has 0 heterocycles. The minimum Gasteiger partial charge on any atom is -0.494 e. The summed E-state index contributed by atoms with van der Waals surface area (Å²) >= 11 is 0. The molecule has 0 spiro atoms. The second-order valence-electron chi connectivity index (χ2n) is 4.80. The first-order valence-electron chi connectivity index (χ1n) is 6.73. The zero-order valence-electron chi connectivity index (χ0n) is 11.6. The van der Waals surface area contributed by atoms with Crippen molar-refractivity contribution in [2.24, 2.45) is 5.73 Å². The first kappa shape index (κ1) is 13.6. The van der Waals surface area contributed by atoms with Crippen molar-refractivity contribution in [1.29, 1.82) is 0 Å². The second-order valence-corrected chi connectivity index (χ2v) is 4.80. The Morgan fingerprint density at radius 1 is 1.11 bits per heavy atom. The molecule has 2 aromatic rings. The van der Waals surface area contributed by atoms with Gasteiger partial charge in [0.2, 0.25) is 0 Å². The van der Waals surface area contributed by atoms with Crippen molar-refractivity contribution in [3.05, 3.63) is 65.2 Å². The van der Waals surface area contributed by atoms with Crippen LogP contribution >= 0.6 is 0 Å². The molecule has 0 aliphatic heterocycles. The van der Waals surface area contributed by atoms with E-state index in [4.69, 9.17) is 10.5 Å². The third-order valence-electron chi connectivity index (χ3n) is 3.16. The molecular formula is C17H21NO. The van der Waals surface area contributed by atoms with Crippen LogP contribution in [-0.2, 0) is 6.42 Å². The van der Waals surface area contributed by atoms with Crippen molar-refractivity contribution in [2.45, 2.75) is 26.3 Å². The van der Waals surface area contributed by atoms with Crippen LogP contribution in [0.2, 0.25) is 0 Å². The molecule has 0 amide bonds. The van der Waals surface area contributed by atoms with Crippen molar-refractivity contribution in [3.63, 3.8) is 0 Å². The quantitative estimate of drug-likeness (QED) is 0.885. The van der Waals surface area contributed by atoms with Gasteiger partial charge in [0.05, 0.1) is 6.61 Å². The Bertz CT molecular complexity index is 519. The summed E-state index contributed by atoms with van der Waals surface area (Å²) in [4.78, 5) is 0. The molecule has 2 aromatic carbocycles. The highest BCUT2D eigenvalue weighted by molar-refractivity contribution is 5.30. The molecule has 0 aliphatic rings. The van der Waals surface area contributed by atoms with Crippen LogP contribution in [0.25, 0.3) is 0 Å². The molecule has 0 saturated heterocycles. The molecule has 2 nitrogen and oxygen atoms in total. The highest BCUT2D eigenvalue weighted by atomic mass is 16.5. The van der Waals surface area contributed by atoms with E-state index in [2.05, 4.69) is 43.3 Å². The van der Waals surface area contributed by atoms with Gasteiger partial charge in [0, 0.05) is 6.04 Å². The molecule has 19 heavy (non-hydrogen) atoms. The molecule has 100 valence electrons. The second kappa shape index (κ2) is 6.39. The van der Waals surface area contributed by atoms with Gasteiger partial charge in [-0.05, 0) is 43.5 Å². The van der Waals surface area contributed by atoms with Crippen molar-refractivity contribution in [3.8, 4) is 5.75 Å². The average molecular weight is 255 g/mol. The normalized spacial score (nSPS) is 12.2. The molecule has 1 atom stereocenters. The zero-order chi connectivity index (χ0) is 13.7. The number of rotatable bonds is 5. The summed E-state index contributed by atoms with van der Waals surface area (Å²) in [7, 11) is 0. The first-order chi connectivity index (χ1) is 9.19. The van der Waals surface area contributed by atoms with Crippen LogP contribution in [0.4, 0.5) is 0 Å². The van der Waals surface area contributed by atoms with Crippen LogP contribution in [0.3, 0.4) is 0 Å². The molecule has 0 radical (unpaired) electrons. The fraction of sp³-hybridized carbons (Fsp3) is 0.294. The molecular weight excluding hydrogens is 234 g/mol. The Kier molecular flexibility index (Phi) is 4.58. The molecule has 0 saturated carbocycles. The molecule has 0 aliphatic carbocycles. The molecule has 0 aromatic heterocycles. The maximum Gasteiger partial charge on any atom is 0.119 e. The van der Waals surface area contributed by atoms with Gasteiger partial charge in [-0.2, -0.15) is 0 Å². The number of hydrogen-bond donors (Lipinski definition) is 1. The van der Waals surface area contributed by atoms with Gasteiger partial charge in [0.1, 0.15) is 5.75 Å². The maximum absolute atomic E-state index is 6.26. The van der Waals surface area contributed by atoms with Crippen molar-refractivity contribution in [1.82, 2.24) is 0 Å². The van der Waals surface area contributed by atoms with E-state index >= 15 is 0 Å². The highest BCUT2D eigenvalue weighted by Gasteiger charge is 2.07. The number of benzene rings is 2. The standard InChI is InChI=1S/C17H21NO/c1-3-19-16-9-7-14(8-10-16)12-17(18)15-6-4-5-13(2)11-15/h4-11,17H,3,12,18H2,1-2H3. The maximum atomic E-state index is 6.26. The van der Waals surface area contributed by atoms with Crippen molar-refractivity contribution < 1.29 is 4.74 Å². The van der Waals surface area contributed by atoms with Gasteiger partial charge in [0.15, 0.2) is 0 Å². The summed E-state index contributed by atoms with van der Waals surface area (Å²) in [5, 5.41) is 0. The monoisotopic (exact) mass is 255 g/mol. The Balaban J connectivity index is 2.04. The lowest BCUT2D eigenvalue weighted by molar-refractivity contribution is 0.340. The van der Waals surface area contributed by atoms with E-state index in [1.54, 1.807) is 0 Å². The van der Waals surface area contributed by atoms with Crippen LogP contribution in [0.15, 0.2) is 48.5 Å². The summed E-state index contributed by atoms with van der Waals surface area (Å²) in [6.45, 7) is 4.77. The SMILES string of the molecule is CCOc1ccc(CC(N)c2cccc(C)c2)cc1. The zero-order valence-corrected chi connectivity index (χ0v) is 11.6. The lowest BCUT2D eigenvalue weighted by atomic mass is 9.98. The lowest BCUT2D eigenvalue weighted by Gasteiger charge is -2.13. The van der Waals surface area contributed by atoms with Crippen LogP contribution in [-0.4, -0.2) is 6.61 Å². The third kappa shape index (κ3) is 3.83. The third-order valence-corrected chi connectivity index (χ3v) is 3.16. The predicted octanol–water partition coefficient (Wildman–Crippen LogP) is 3.64. The summed E-state index contributed by atoms with van der Waals surface area (Å²) in [6.07, 6.45) is 0.843. The largest absolute Gasteiger partial charge is 0.494 e. The van der Waals surface area contributed by atoms with Gasteiger partial charge in [-0.1, -0.05) is 42.0 Å². The van der Waals surface area contributed by atoms with E-state index < -0.39 is 0 Å². The Morgan fingerprint density at radius 3 is 2.47 bits per heavy atom. The molecule has 0 bridgehead atoms. The van der Waals surface area contributed by atoms with E-state index in [0.29, 0.717) is 6.61 Å². The number of hydrogen-bond acceptors (Lipinski definition) is 2. The van der Waals surface area contributed by atoms with Gasteiger partial charge in [-0.15, -0.1) is 0 Å². The van der Waals surface area contributed by atoms with E-state index in [9.17, 15) is 0 Å². The van der Waals surface area contributed by atoms with Crippen molar-refractivity contribution in [2.75, 3.05) is 6.61 Å². The molecule has 2 heteroatoms. The van der Waals surface area contributed by atoms with Gasteiger partial charge in [0.25, 0.3) is 0 Å². The van der Waals surface area contributed by atoms with Crippen LogP contribution in [0, 0.1) is 6.92 Å². The Hall–Kier alpha value is -1.80. The highest BCUT2D eigenvalue weighted by Crippen LogP contribution is 2.19. The predicted molar refractivity (Wildman–Crippen MR) is 79.4 cm³/mol. The van der Waals surface area contributed by atoms with Crippen LogP contribution in [0.1, 0.15) is 29.7 Å². The average Bonchev–Trinajstić information content (AvgIpc) is 2.41. The van der Waals surface area contributed by atoms with E-state index in [1.165, 1.54) is 16.7 Å². The summed E-state index contributed by atoms with van der Waals surface area (Å²) in [6, 6.07) is 16.6. The smallest absolute Gasteiger partial charge is 0.119 e. The number of nitrogens with two attached hydrogens (primary N) is 1. The molecule has 2 N–H and O–H groups in total. The minimum absolute atomic E-state index is 0.0397. The Morgan fingerprint density at radius 2 is 1.84 bits per heavy atom. The van der Waals surface area contributed by atoms with E-state index in [0.717, 1.165) is 12.2 Å². The van der Waals surface area contributed by atoms with Gasteiger partial charge in [-0.25, -0.2) is 0 Å². The lowest BCUT2D eigenvalue weighted by Crippen LogP contribution is -2.13. The fourth-order valence-electron chi connectivity index (χ4n) is 2.16. The van der Waals surface area contributed by atoms with Gasteiger partial charge in [-0.3, -0.25) is 0 Å². The van der Waals surface area contributed by atoms with E-state index in [1.807, 2.05) is 19.1 Å². The molecule has 1 unspecified atom stereocenters. The first-order valence-corrected chi connectivity index (χ1v) is 6.73. The Labute approximate surface area is 115 Å².